The molecule has 11 nitrogen and oxygen atoms in total. The van der Waals surface area contributed by atoms with Gasteiger partial charge in [0.15, 0.2) is 11.5 Å². The quantitative estimate of drug-likeness (QED) is 0.282. The minimum Gasteiger partial charge on any atom is -0.493 e. The third kappa shape index (κ3) is 10.2. The summed E-state index contributed by atoms with van der Waals surface area (Å²) < 4.78 is 16.8. The fourth-order valence-corrected chi connectivity index (χ4v) is 5.42. The van der Waals surface area contributed by atoms with E-state index in [4.69, 9.17) is 14.2 Å². The van der Waals surface area contributed by atoms with Crippen LogP contribution in [-0.4, -0.2) is 74.5 Å². The average molecular weight is 659 g/mol. The summed E-state index contributed by atoms with van der Waals surface area (Å²) in [6.07, 6.45) is 1.29. The number of carbonyl (C=O) groups excluding carboxylic acids is 4. The lowest BCUT2D eigenvalue weighted by Gasteiger charge is -2.26. The van der Waals surface area contributed by atoms with Crippen molar-refractivity contribution in [2.75, 3.05) is 33.9 Å². The molecule has 3 N–H and O–H groups in total. The van der Waals surface area contributed by atoms with Gasteiger partial charge >= 0.3 is 0 Å². The maximum Gasteiger partial charge on any atom is 0.255 e. The highest BCUT2D eigenvalue weighted by Gasteiger charge is 2.28. The van der Waals surface area contributed by atoms with Crippen LogP contribution in [-0.2, 0) is 27.3 Å². The third-order valence-corrected chi connectivity index (χ3v) is 8.26. The second-order valence-corrected chi connectivity index (χ2v) is 12.1. The monoisotopic (exact) mass is 658 g/mol. The van der Waals surface area contributed by atoms with Gasteiger partial charge in [-0.25, -0.2) is 0 Å². The van der Waals surface area contributed by atoms with Gasteiger partial charge in [-0.05, 0) is 60.6 Å². The molecule has 3 aromatic carbocycles. The van der Waals surface area contributed by atoms with E-state index >= 15 is 0 Å². The molecular weight excluding hydrogens is 612 g/mol. The summed E-state index contributed by atoms with van der Waals surface area (Å²) in [6, 6.07) is 20.5. The summed E-state index contributed by atoms with van der Waals surface area (Å²) >= 11 is 0. The van der Waals surface area contributed by atoms with Crippen LogP contribution in [0.1, 0.15) is 54.6 Å². The number of nitrogens with zero attached hydrogens (tertiary/aromatic N) is 1. The predicted molar refractivity (Wildman–Crippen MR) is 182 cm³/mol. The van der Waals surface area contributed by atoms with E-state index in [-0.39, 0.29) is 61.9 Å². The Hall–Kier alpha value is -5.06. The second kappa shape index (κ2) is 17.7. The molecule has 3 aromatic rings. The number of carbonyl (C=O) groups is 4. The van der Waals surface area contributed by atoms with Crippen LogP contribution < -0.4 is 30.2 Å². The van der Waals surface area contributed by atoms with Gasteiger partial charge in [0, 0.05) is 19.5 Å². The SMILES string of the molecule is COc1ccc(CCCNC(=O)[C@@H]2CCC(=O)N(Cc3ccccc3)CC(=O)N[C@@H](C(C)C)COc3ccccc3C(=O)N2)cc1OC. The maximum absolute atomic E-state index is 13.6. The van der Waals surface area contributed by atoms with E-state index in [1.54, 1.807) is 38.5 Å². The molecule has 1 aliphatic rings. The van der Waals surface area contributed by atoms with Crippen molar-refractivity contribution in [2.24, 2.45) is 5.92 Å². The first-order valence-corrected chi connectivity index (χ1v) is 16.3. The molecule has 0 fully saturated rings. The van der Waals surface area contributed by atoms with E-state index in [1.165, 1.54) is 4.90 Å². The van der Waals surface area contributed by atoms with Gasteiger partial charge < -0.3 is 35.1 Å². The molecule has 0 saturated carbocycles. The Labute approximate surface area is 282 Å². The first-order chi connectivity index (χ1) is 23.2. The molecule has 0 aromatic heterocycles. The molecule has 1 heterocycles. The van der Waals surface area contributed by atoms with Gasteiger partial charge in [-0.15, -0.1) is 0 Å². The standard InChI is InChI=1S/C37H46N4O7/c1-25(2)30-24-48-31-15-9-8-14-28(31)36(44)40-29(37(45)38-20-10-13-26-16-18-32(46-3)33(21-26)47-4)17-19-35(43)41(23-34(42)39-30)22-27-11-6-5-7-12-27/h5-9,11-12,14-16,18,21,25,29-30H,10,13,17,19-20,22-24H2,1-4H3,(H,38,45)(H,39,42)(H,40,44)/t29-,30+/m0/s1. The van der Waals surface area contributed by atoms with Crippen LogP contribution in [0.4, 0.5) is 0 Å². The van der Waals surface area contributed by atoms with Crippen molar-refractivity contribution in [1.82, 2.24) is 20.9 Å². The summed E-state index contributed by atoms with van der Waals surface area (Å²) in [5.74, 6) is 0.0980. The molecular formula is C37H46N4O7. The number of benzene rings is 3. The molecule has 48 heavy (non-hydrogen) atoms. The average Bonchev–Trinajstić information content (AvgIpc) is 3.09. The number of hydrogen-bond donors (Lipinski definition) is 3. The maximum atomic E-state index is 13.6. The Bertz CT molecular complexity index is 1550. The zero-order chi connectivity index (χ0) is 34.5. The van der Waals surface area contributed by atoms with Gasteiger partial charge in [-0.1, -0.05) is 62.4 Å². The molecule has 0 aliphatic carbocycles. The fourth-order valence-electron chi connectivity index (χ4n) is 5.42. The van der Waals surface area contributed by atoms with Crippen LogP contribution in [0.5, 0.6) is 17.2 Å². The van der Waals surface area contributed by atoms with Crippen LogP contribution in [0.15, 0.2) is 72.8 Å². The topological polar surface area (TPSA) is 135 Å². The number of ether oxygens (including phenoxy) is 3. The number of methoxy groups -OCH3 is 2. The third-order valence-electron chi connectivity index (χ3n) is 8.26. The number of aryl methyl sites for hydroxylation is 1. The van der Waals surface area contributed by atoms with Crippen molar-refractivity contribution >= 4 is 23.6 Å². The normalized spacial score (nSPS) is 17.6. The summed E-state index contributed by atoms with van der Waals surface area (Å²) in [5, 5.41) is 8.77. The van der Waals surface area contributed by atoms with Gasteiger partial charge in [0.25, 0.3) is 5.91 Å². The zero-order valence-electron chi connectivity index (χ0n) is 28.1. The lowest BCUT2D eigenvalue weighted by atomic mass is 10.1. The summed E-state index contributed by atoms with van der Waals surface area (Å²) in [7, 11) is 3.16. The van der Waals surface area contributed by atoms with Crippen LogP contribution in [0, 0.1) is 5.92 Å². The molecule has 0 spiro atoms. The lowest BCUT2D eigenvalue weighted by molar-refractivity contribution is -0.137. The molecule has 4 amide bonds. The Balaban J connectivity index is 1.52. The fraction of sp³-hybridized carbons (Fsp3) is 0.405. The highest BCUT2D eigenvalue weighted by atomic mass is 16.5. The Morgan fingerprint density at radius 3 is 2.40 bits per heavy atom. The number of hydrogen-bond acceptors (Lipinski definition) is 7. The molecule has 0 radical (unpaired) electrons. The summed E-state index contributed by atoms with van der Waals surface area (Å²) in [5.41, 5.74) is 2.14. The van der Waals surface area contributed by atoms with Gasteiger partial charge in [0.1, 0.15) is 18.4 Å². The molecule has 0 unspecified atom stereocenters. The molecule has 4 rings (SSSR count). The summed E-state index contributed by atoms with van der Waals surface area (Å²) in [6.45, 7) is 4.46. The van der Waals surface area contributed by atoms with E-state index in [0.29, 0.717) is 36.6 Å². The van der Waals surface area contributed by atoms with Crippen molar-refractivity contribution < 1.29 is 33.4 Å². The zero-order valence-corrected chi connectivity index (χ0v) is 28.1. The number of para-hydroxylation sites is 1. The number of amides is 4. The Morgan fingerprint density at radius 1 is 0.938 bits per heavy atom. The Kier molecular flexibility index (Phi) is 13.2. The largest absolute Gasteiger partial charge is 0.493 e. The molecule has 0 bridgehead atoms. The highest BCUT2D eigenvalue weighted by molar-refractivity contribution is 5.99. The lowest BCUT2D eigenvalue weighted by Crippen LogP contribution is -2.48. The van der Waals surface area contributed by atoms with Crippen molar-refractivity contribution in [1.29, 1.82) is 0 Å². The van der Waals surface area contributed by atoms with Crippen molar-refractivity contribution in [3.63, 3.8) is 0 Å². The summed E-state index contributed by atoms with van der Waals surface area (Å²) in [4.78, 5) is 55.5. The minimum absolute atomic E-state index is 0.0173. The predicted octanol–water partition coefficient (Wildman–Crippen LogP) is 3.89. The molecule has 1 aliphatic heterocycles. The van der Waals surface area contributed by atoms with E-state index in [9.17, 15) is 19.2 Å². The second-order valence-electron chi connectivity index (χ2n) is 12.1. The van der Waals surface area contributed by atoms with Crippen LogP contribution >= 0.6 is 0 Å². The smallest absolute Gasteiger partial charge is 0.255 e. The van der Waals surface area contributed by atoms with Crippen LogP contribution in [0.25, 0.3) is 0 Å². The highest BCUT2D eigenvalue weighted by Crippen LogP contribution is 2.28. The van der Waals surface area contributed by atoms with Crippen molar-refractivity contribution in [2.45, 2.75) is 58.2 Å². The van der Waals surface area contributed by atoms with E-state index in [1.807, 2.05) is 62.4 Å². The van der Waals surface area contributed by atoms with Crippen molar-refractivity contribution in [3.8, 4) is 17.2 Å². The molecule has 2 atom stereocenters. The van der Waals surface area contributed by atoms with Gasteiger partial charge in [0.2, 0.25) is 17.7 Å². The first-order valence-electron chi connectivity index (χ1n) is 16.3. The number of nitrogens with one attached hydrogen (secondary N) is 3. The first kappa shape index (κ1) is 35.8. The van der Waals surface area contributed by atoms with Gasteiger partial charge in [-0.2, -0.15) is 0 Å². The number of fused-ring (bicyclic) bond motifs is 1. The van der Waals surface area contributed by atoms with E-state index in [2.05, 4.69) is 16.0 Å². The van der Waals surface area contributed by atoms with Crippen LogP contribution in [0.2, 0.25) is 0 Å². The van der Waals surface area contributed by atoms with Gasteiger partial charge in [-0.3, -0.25) is 19.2 Å². The van der Waals surface area contributed by atoms with E-state index < -0.39 is 17.9 Å². The molecule has 11 heteroatoms. The number of rotatable bonds is 10. The minimum atomic E-state index is -1.00. The molecule has 0 saturated heterocycles. The van der Waals surface area contributed by atoms with Crippen LogP contribution in [0.3, 0.4) is 0 Å². The van der Waals surface area contributed by atoms with Gasteiger partial charge in [0.05, 0.1) is 32.4 Å². The van der Waals surface area contributed by atoms with E-state index in [0.717, 1.165) is 11.1 Å². The Morgan fingerprint density at radius 2 is 1.67 bits per heavy atom. The molecule has 256 valence electrons. The van der Waals surface area contributed by atoms with Crippen molar-refractivity contribution in [3.05, 3.63) is 89.5 Å².